The van der Waals surface area contributed by atoms with Gasteiger partial charge in [-0.3, -0.25) is 4.79 Å². The van der Waals surface area contributed by atoms with Gasteiger partial charge < -0.3 is 0 Å². The Morgan fingerprint density at radius 3 is 1.96 bits per heavy atom. The normalized spacial score (nSPS) is 10.6. The van der Waals surface area contributed by atoms with Crippen molar-refractivity contribution in [3.05, 3.63) is 95.1 Å². The third kappa shape index (κ3) is 3.03. The summed E-state index contributed by atoms with van der Waals surface area (Å²) in [7, 11) is 0. The fourth-order valence-corrected chi connectivity index (χ4v) is 3.28. The second-order valence-electron chi connectivity index (χ2n) is 5.89. The highest BCUT2D eigenvalue weighted by atomic mass is 16.1. The van der Waals surface area contributed by atoms with Gasteiger partial charge in [0.15, 0.2) is 5.78 Å². The number of rotatable bonds is 5. The Morgan fingerprint density at radius 1 is 0.750 bits per heavy atom. The topological polar surface area (TPSA) is 17.1 Å². The standard InChI is InChI=1S/C23H22O/c1-3-17-15-16-21(23(24)19-13-9-6-10-14-19)20(4-2)22(17)18-11-7-5-8-12-18/h5-16H,3-4H2,1-2H3. The largest absolute Gasteiger partial charge is 0.289 e. The fourth-order valence-electron chi connectivity index (χ4n) is 3.28. The second-order valence-corrected chi connectivity index (χ2v) is 5.89. The first-order valence-electron chi connectivity index (χ1n) is 8.56. The van der Waals surface area contributed by atoms with Gasteiger partial charge in [0.05, 0.1) is 0 Å². The van der Waals surface area contributed by atoms with Crippen LogP contribution in [0.15, 0.2) is 72.8 Å². The van der Waals surface area contributed by atoms with Crippen LogP contribution < -0.4 is 0 Å². The monoisotopic (exact) mass is 314 g/mol. The molecular weight excluding hydrogens is 292 g/mol. The van der Waals surface area contributed by atoms with E-state index in [1.807, 2.05) is 42.5 Å². The van der Waals surface area contributed by atoms with Crippen molar-refractivity contribution in [2.75, 3.05) is 0 Å². The highest BCUT2D eigenvalue weighted by Gasteiger charge is 2.18. The molecule has 0 atom stereocenters. The third-order valence-electron chi connectivity index (χ3n) is 4.48. The van der Waals surface area contributed by atoms with Crippen molar-refractivity contribution in [3.63, 3.8) is 0 Å². The Kier molecular flexibility index (Phi) is 4.90. The number of hydrogen-bond acceptors (Lipinski definition) is 1. The average Bonchev–Trinajstić information content (AvgIpc) is 2.67. The number of carbonyl (C=O) groups is 1. The molecule has 0 unspecified atom stereocenters. The fraction of sp³-hybridized carbons (Fsp3) is 0.174. The van der Waals surface area contributed by atoms with E-state index in [9.17, 15) is 4.79 Å². The SMILES string of the molecule is CCc1ccc(C(=O)c2ccccc2)c(CC)c1-c1ccccc1. The molecule has 0 aliphatic heterocycles. The first kappa shape index (κ1) is 16.2. The van der Waals surface area contributed by atoms with E-state index >= 15 is 0 Å². The zero-order chi connectivity index (χ0) is 16.9. The van der Waals surface area contributed by atoms with E-state index in [2.05, 4.69) is 44.2 Å². The molecule has 1 heteroatoms. The first-order chi connectivity index (χ1) is 11.8. The summed E-state index contributed by atoms with van der Waals surface area (Å²) in [4.78, 5) is 13.0. The number of benzene rings is 3. The van der Waals surface area contributed by atoms with Crippen LogP contribution in [0.4, 0.5) is 0 Å². The molecule has 0 amide bonds. The quantitative estimate of drug-likeness (QED) is 0.551. The summed E-state index contributed by atoms with van der Waals surface area (Å²) in [6.45, 7) is 4.29. The van der Waals surface area contributed by atoms with Crippen molar-refractivity contribution in [3.8, 4) is 11.1 Å². The van der Waals surface area contributed by atoms with Gasteiger partial charge in [0.25, 0.3) is 0 Å². The van der Waals surface area contributed by atoms with Crippen LogP contribution in [0.25, 0.3) is 11.1 Å². The van der Waals surface area contributed by atoms with Gasteiger partial charge in [0, 0.05) is 11.1 Å². The maximum absolute atomic E-state index is 13.0. The van der Waals surface area contributed by atoms with Gasteiger partial charge in [0.1, 0.15) is 0 Å². The van der Waals surface area contributed by atoms with E-state index in [1.54, 1.807) is 0 Å². The van der Waals surface area contributed by atoms with Crippen LogP contribution >= 0.6 is 0 Å². The van der Waals surface area contributed by atoms with Gasteiger partial charge in [-0.1, -0.05) is 86.6 Å². The molecule has 1 nitrogen and oxygen atoms in total. The summed E-state index contributed by atoms with van der Waals surface area (Å²) < 4.78 is 0. The minimum absolute atomic E-state index is 0.104. The molecule has 0 fully saturated rings. The van der Waals surface area contributed by atoms with Crippen LogP contribution in [0, 0.1) is 0 Å². The van der Waals surface area contributed by atoms with E-state index in [0.717, 1.165) is 29.5 Å². The van der Waals surface area contributed by atoms with Crippen LogP contribution in [-0.2, 0) is 12.8 Å². The van der Waals surface area contributed by atoms with Crippen molar-refractivity contribution in [2.45, 2.75) is 26.7 Å². The molecule has 0 heterocycles. The zero-order valence-corrected chi connectivity index (χ0v) is 14.3. The summed E-state index contributed by atoms with van der Waals surface area (Å²) in [5.41, 5.74) is 6.42. The molecule has 0 aliphatic rings. The van der Waals surface area contributed by atoms with E-state index in [0.29, 0.717) is 0 Å². The van der Waals surface area contributed by atoms with Crippen molar-refractivity contribution in [2.24, 2.45) is 0 Å². The van der Waals surface area contributed by atoms with Gasteiger partial charge in [-0.25, -0.2) is 0 Å². The van der Waals surface area contributed by atoms with Crippen molar-refractivity contribution in [1.29, 1.82) is 0 Å². The van der Waals surface area contributed by atoms with Gasteiger partial charge in [-0.15, -0.1) is 0 Å². The molecule has 0 saturated heterocycles. The predicted octanol–water partition coefficient (Wildman–Crippen LogP) is 5.71. The lowest BCUT2D eigenvalue weighted by Crippen LogP contribution is -2.08. The summed E-state index contributed by atoms with van der Waals surface area (Å²) >= 11 is 0. The average molecular weight is 314 g/mol. The Labute approximate surface area is 144 Å². The minimum atomic E-state index is 0.104. The maximum Gasteiger partial charge on any atom is 0.193 e. The van der Waals surface area contributed by atoms with E-state index in [1.165, 1.54) is 16.7 Å². The van der Waals surface area contributed by atoms with Crippen LogP contribution in [0.2, 0.25) is 0 Å². The van der Waals surface area contributed by atoms with Crippen LogP contribution in [-0.4, -0.2) is 5.78 Å². The van der Waals surface area contributed by atoms with Gasteiger partial charge in [0.2, 0.25) is 0 Å². The molecule has 0 spiro atoms. The van der Waals surface area contributed by atoms with E-state index in [4.69, 9.17) is 0 Å². The van der Waals surface area contributed by atoms with Crippen LogP contribution in [0.1, 0.15) is 40.9 Å². The molecule has 120 valence electrons. The molecule has 3 rings (SSSR count). The lowest BCUT2D eigenvalue weighted by atomic mass is 9.86. The molecule has 3 aromatic carbocycles. The zero-order valence-electron chi connectivity index (χ0n) is 14.3. The molecule has 0 aliphatic carbocycles. The number of hydrogen-bond donors (Lipinski definition) is 0. The lowest BCUT2D eigenvalue weighted by molar-refractivity contribution is 0.103. The highest BCUT2D eigenvalue weighted by molar-refractivity contribution is 6.11. The van der Waals surface area contributed by atoms with E-state index < -0.39 is 0 Å². The lowest BCUT2D eigenvalue weighted by Gasteiger charge is -2.17. The number of ketones is 1. The smallest absolute Gasteiger partial charge is 0.193 e. The van der Waals surface area contributed by atoms with Crippen LogP contribution in [0.5, 0.6) is 0 Å². The van der Waals surface area contributed by atoms with Gasteiger partial charge in [-0.2, -0.15) is 0 Å². The molecule has 0 saturated carbocycles. The number of carbonyl (C=O) groups excluding carboxylic acids is 1. The molecule has 3 aromatic rings. The maximum atomic E-state index is 13.0. The number of aryl methyl sites for hydroxylation is 1. The molecule has 0 aromatic heterocycles. The van der Waals surface area contributed by atoms with Gasteiger partial charge in [-0.05, 0) is 35.1 Å². The molecule has 0 N–H and O–H groups in total. The Balaban J connectivity index is 2.21. The van der Waals surface area contributed by atoms with E-state index in [-0.39, 0.29) is 5.78 Å². The van der Waals surface area contributed by atoms with Crippen molar-refractivity contribution < 1.29 is 4.79 Å². The Hall–Kier alpha value is -2.67. The highest BCUT2D eigenvalue weighted by Crippen LogP contribution is 2.32. The third-order valence-corrected chi connectivity index (χ3v) is 4.48. The Morgan fingerprint density at radius 2 is 1.38 bits per heavy atom. The molecular formula is C23H22O. The molecule has 0 bridgehead atoms. The molecule has 24 heavy (non-hydrogen) atoms. The second kappa shape index (κ2) is 7.27. The molecule has 0 radical (unpaired) electrons. The van der Waals surface area contributed by atoms with Crippen molar-refractivity contribution in [1.82, 2.24) is 0 Å². The summed E-state index contributed by atoms with van der Waals surface area (Å²) in [6.07, 6.45) is 1.79. The van der Waals surface area contributed by atoms with Gasteiger partial charge >= 0.3 is 0 Å². The summed E-state index contributed by atoms with van der Waals surface area (Å²) in [6, 6.07) is 24.0. The van der Waals surface area contributed by atoms with Crippen molar-refractivity contribution >= 4 is 5.78 Å². The first-order valence-corrected chi connectivity index (χ1v) is 8.56. The minimum Gasteiger partial charge on any atom is -0.289 e. The predicted molar refractivity (Wildman–Crippen MR) is 101 cm³/mol. The summed E-state index contributed by atoms with van der Waals surface area (Å²) in [5.74, 6) is 0.104. The van der Waals surface area contributed by atoms with Crippen LogP contribution in [0.3, 0.4) is 0 Å². The Bertz CT molecular complexity index is 833. The summed E-state index contributed by atoms with van der Waals surface area (Å²) in [5, 5.41) is 0.